The molecule has 2 heterocycles. The van der Waals surface area contributed by atoms with Gasteiger partial charge in [-0.15, -0.1) is 10.2 Å². The lowest BCUT2D eigenvalue weighted by Gasteiger charge is -2.06. The molecule has 0 radical (unpaired) electrons. The summed E-state index contributed by atoms with van der Waals surface area (Å²) in [5, 5.41) is 11.4. The molecule has 0 aromatic carbocycles. The lowest BCUT2D eigenvalue weighted by molar-refractivity contribution is -0.120. The summed E-state index contributed by atoms with van der Waals surface area (Å²) in [5.74, 6) is 0.607. The van der Waals surface area contributed by atoms with Gasteiger partial charge in [0.25, 0.3) is 0 Å². The first-order valence-corrected chi connectivity index (χ1v) is 5.10. The summed E-state index contributed by atoms with van der Waals surface area (Å²) in [6, 6.07) is 0. The average Bonchev–Trinajstić information content (AvgIpc) is 2.77. The van der Waals surface area contributed by atoms with Crippen LogP contribution in [0.3, 0.4) is 0 Å². The van der Waals surface area contributed by atoms with Crippen LogP contribution in [0.1, 0.15) is 25.1 Å². The molecule has 1 aliphatic heterocycles. The molecular formula is C9H14N4O2. The molecule has 1 unspecified atom stereocenters. The molecule has 2 rings (SSSR count). The molecule has 0 saturated carbocycles. The van der Waals surface area contributed by atoms with E-state index in [4.69, 9.17) is 4.74 Å². The number of rotatable bonds is 4. The van der Waals surface area contributed by atoms with Crippen molar-refractivity contribution in [3.05, 3.63) is 5.82 Å². The predicted octanol–water partition coefficient (Wildman–Crippen LogP) is -0.109. The fourth-order valence-electron chi connectivity index (χ4n) is 1.70. The quantitative estimate of drug-likeness (QED) is 0.693. The summed E-state index contributed by atoms with van der Waals surface area (Å²) >= 11 is 0. The van der Waals surface area contributed by atoms with Crippen molar-refractivity contribution in [2.75, 3.05) is 6.61 Å². The summed E-state index contributed by atoms with van der Waals surface area (Å²) < 4.78 is 5.38. The first-order chi connectivity index (χ1) is 7.24. The molecule has 6 nitrogen and oxygen atoms in total. The van der Waals surface area contributed by atoms with Crippen molar-refractivity contribution in [1.29, 1.82) is 0 Å². The molecule has 1 atom stereocenters. The van der Waals surface area contributed by atoms with Crippen LogP contribution in [-0.4, -0.2) is 38.7 Å². The zero-order valence-electron chi connectivity index (χ0n) is 8.72. The van der Waals surface area contributed by atoms with Gasteiger partial charge in [-0.05, 0) is 18.1 Å². The molecule has 1 aromatic rings. The zero-order chi connectivity index (χ0) is 10.7. The Labute approximate surface area is 87.6 Å². The summed E-state index contributed by atoms with van der Waals surface area (Å²) in [7, 11) is 1.68. The van der Waals surface area contributed by atoms with Crippen LogP contribution in [0.2, 0.25) is 0 Å². The number of ether oxygens (including phenoxy) is 1. The number of tetrazole rings is 1. The third-order valence-corrected chi connectivity index (χ3v) is 2.38. The fraction of sp³-hybridized carbons (Fsp3) is 0.778. The number of aromatic nitrogens is 4. The summed E-state index contributed by atoms with van der Waals surface area (Å²) in [6.07, 6.45) is 2.88. The normalized spacial score (nSPS) is 20.7. The fourth-order valence-corrected chi connectivity index (χ4v) is 1.70. The zero-order valence-corrected chi connectivity index (χ0v) is 8.72. The van der Waals surface area contributed by atoms with Crippen LogP contribution in [-0.2, 0) is 23.0 Å². The molecule has 1 saturated heterocycles. The molecule has 6 heteroatoms. The largest absolute Gasteiger partial charge is 0.378 e. The first-order valence-electron chi connectivity index (χ1n) is 5.10. The van der Waals surface area contributed by atoms with Crippen LogP contribution in [0.4, 0.5) is 0 Å². The number of hydrogen-bond acceptors (Lipinski definition) is 5. The molecule has 82 valence electrons. The van der Waals surface area contributed by atoms with E-state index in [1.807, 2.05) is 0 Å². The van der Waals surface area contributed by atoms with E-state index >= 15 is 0 Å². The van der Waals surface area contributed by atoms with Crippen LogP contribution >= 0.6 is 0 Å². The second-order valence-corrected chi connectivity index (χ2v) is 3.75. The van der Waals surface area contributed by atoms with E-state index in [0.717, 1.165) is 19.4 Å². The topological polar surface area (TPSA) is 69.9 Å². The molecule has 1 aromatic heterocycles. The molecular weight excluding hydrogens is 196 g/mol. The average molecular weight is 210 g/mol. The van der Waals surface area contributed by atoms with Gasteiger partial charge in [-0.25, -0.2) is 0 Å². The van der Waals surface area contributed by atoms with Gasteiger partial charge in [-0.3, -0.25) is 4.79 Å². The molecule has 15 heavy (non-hydrogen) atoms. The minimum Gasteiger partial charge on any atom is -0.378 e. The molecule has 0 N–H and O–H groups in total. The number of aryl methyl sites for hydroxylation is 1. The van der Waals surface area contributed by atoms with E-state index in [9.17, 15) is 4.79 Å². The second kappa shape index (κ2) is 4.48. The van der Waals surface area contributed by atoms with Gasteiger partial charge >= 0.3 is 0 Å². The lowest BCUT2D eigenvalue weighted by atomic mass is 10.1. The Morgan fingerprint density at radius 1 is 1.67 bits per heavy atom. The van der Waals surface area contributed by atoms with E-state index in [-0.39, 0.29) is 18.3 Å². The van der Waals surface area contributed by atoms with Crippen molar-refractivity contribution < 1.29 is 9.53 Å². The Bertz CT molecular complexity index is 344. The molecule has 0 spiro atoms. The molecule has 0 amide bonds. The Morgan fingerprint density at radius 2 is 2.53 bits per heavy atom. The maximum absolute atomic E-state index is 11.6. The number of Topliss-reactive ketones (excluding diaryl/α,β-unsaturated/α-hetero) is 1. The van der Waals surface area contributed by atoms with Gasteiger partial charge in [-0.2, -0.15) is 4.80 Å². The van der Waals surface area contributed by atoms with Crippen molar-refractivity contribution in [2.45, 2.75) is 31.8 Å². The highest BCUT2D eigenvalue weighted by Gasteiger charge is 2.20. The molecule has 1 fully saturated rings. The lowest BCUT2D eigenvalue weighted by Crippen LogP contribution is -2.14. The highest BCUT2D eigenvalue weighted by atomic mass is 16.5. The number of hydrogen-bond donors (Lipinski definition) is 0. The monoisotopic (exact) mass is 210 g/mol. The van der Waals surface area contributed by atoms with Gasteiger partial charge in [0.2, 0.25) is 0 Å². The number of nitrogens with zero attached hydrogens (tertiary/aromatic N) is 4. The Kier molecular flexibility index (Phi) is 3.05. The van der Waals surface area contributed by atoms with Crippen LogP contribution in [0.25, 0.3) is 0 Å². The maximum atomic E-state index is 11.6. The van der Waals surface area contributed by atoms with Crippen molar-refractivity contribution in [1.82, 2.24) is 20.2 Å². The van der Waals surface area contributed by atoms with Crippen LogP contribution in [0, 0.1) is 0 Å². The van der Waals surface area contributed by atoms with Crippen LogP contribution < -0.4 is 0 Å². The second-order valence-electron chi connectivity index (χ2n) is 3.75. The van der Waals surface area contributed by atoms with E-state index < -0.39 is 0 Å². The molecule has 0 bridgehead atoms. The third kappa shape index (κ3) is 2.82. The molecule has 0 aliphatic carbocycles. The maximum Gasteiger partial charge on any atom is 0.182 e. The van der Waals surface area contributed by atoms with Gasteiger partial charge in [0.15, 0.2) is 5.82 Å². The summed E-state index contributed by atoms with van der Waals surface area (Å²) in [5.41, 5.74) is 0. The summed E-state index contributed by atoms with van der Waals surface area (Å²) in [4.78, 5) is 12.9. The molecule has 1 aliphatic rings. The highest BCUT2D eigenvalue weighted by Crippen LogP contribution is 2.15. The van der Waals surface area contributed by atoms with Crippen LogP contribution in [0.5, 0.6) is 0 Å². The standard InChI is InChI=1S/C9H14N4O2/c1-13-11-9(10-12-13)6-7(14)5-8-3-2-4-15-8/h8H,2-6H2,1H3. The van der Waals surface area contributed by atoms with Crippen LogP contribution in [0.15, 0.2) is 0 Å². The Hall–Kier alpha value is -1.30. The smallest absolute Gasteiger partial charge is 0.182 e. The van der Waals surface area contributed by atoms with Gasteiger partial charge in [0.1, 0.15) is 5.78 Å². The van der Waals surface area contributed by atoms with E-state index in [1.165, 1.54) is 4.80 Å². The van der Waals surface area contributed by atoms with Crippen molar-refractivity contribution in [3.8, 4) is 0 Å². The van der Waals surface area contributed by atoms with E-state index in [0.29, 0.717) is 12.2 Å². The van der Waals surface area contributed by atoms with Crippen molar-refractivity contribution in [2.24, 2.45) is 7.05 Å². The van der Waals surface area contributed by atoms with Gasteiger partial charge in [0, 0.05) is 13.0 Å². The van der Waals surface area contributed by atoms with Gasteiger partial charge in [0.05, 0.1) is 19.6 Å². The number of carbonyl (C=O) groups excluding carboxylic acids is 1. The van der Waals surface area contributed by atoms with Gasteiger partial charge < -0.3 is 4.74 Å². The number of ketones is 1. The highest BCUT2D eigenvalue weighted by molar-refractivity contribution is 5.80. The van der Waals surface area contributed by atoms with E-state index in [2.05, 4.69) is 15.4 Å². The SMILES string of the molecule is Cn1nnc(CC(=O)CC2CCCO2)n1. The minimum atomic E-state index is 0.106. The Balaban J connectivity index is 1.81. The number of carbonyl (C=O) groups is 1. The minimum absolute atomic E-state index is 0.106. The predicted molar refractivity (Wildman–Crippen MR) is 51.1 cm³/mol. The van der Waals surface area contributed by atoms with Gasteiger partial charge in [-0.1, -0.05) is 0 Å². The first kappa shape index (κ1) is 10.2. The van der Waals surface area contributed by atoms with Crippen molar-refractivity contribution >= 4 is 5.78 Å². The summed E-state index contributed by atoms with van der Waals surface area (Å²) in [6.45, 7) is 0.779. The third-order valence-electron chi connectivity index (χ3n) is 2.38. The van der Waals surface area contributed by atoms with Crippen molar-refractivity contribution in [3.63, 3.8) is 0 Å². The Morgan fingerprint density at radius 3 is 3.13 bits per heavy atom. The van der Waals surface area contributed by atoms with E-state index in [1.54, 1.807) is 7.05 Å².